The lowest BCUT2D eigenvalue weighted by Crippen LogP contribution is -2.73. The molecule has 0 radical (unpaired) electrons. The van der Waals surface area contributed by atoms with Crippen LogP contribution in [0.5, 0.6) is 11.5 Å². The van der Waals surface area contributed by atoms with Crippen LogP contribution in [-0.4, -0.2) is 121 Å². The van der Waals surface area contributed by atoms with Crippen molar-refractivity contribution in [3.05, 3.63) is 147 Å². The number of nitrogens with one attached hydrogen (secondary N) is 3. The van der Waals surface area contributed by atoms with Crippen LogP contribution in [0, 0.1) is 16.7 Å². The van der Waals surface area contributed by atoms with E-state index in [9.17, 15) is 0 Å². The number of carbonyl (C=O) groups excluding carboxylic acids is 1. The number of fused-ring (bicyclic) bond motifs is 1. The summed E-state index contributed by atoms with van der Waals surface area (Å²) in [6, 6.07) is 35.8. The third-order valence-corrected chi connectivity index (χ3v) is 18.8. The maximum atomic E-state index is 17.5. The third kappa shape index (κ3) is 8.47. The van der Waals surface area contributed by atoms with Gasteiger partial charge in [-0.2, -0.15) is 0 Å². The van der Waals surface area contributed by atoms with Crippen molar-refractivity contribution in [3.8, 4) is 22.6 Å². The molecule has 5 aromatic rings. The number of nitrogens with zero attached hydrogens (tertiary/aromatic N) is 4. The minimum Gasteiger partial charge on any atom is -0.457 e. The minimum atomic E-state index is -0.771. The SMILES string of the molecule is CCC12C(=O)C34C5C[C@H](Cc6ccc(Cl)cc6)N(C)C3[C@@H](COC)NC4[C@H](C)N(Cc3ccc(Cl)cc3Oc3ccc(-c4cnc6c(c4)CNCC6)cc3)C1C[C@@H](Cc1ccccc1)C2N(C)[C@@H](C)CN5. The Balaban J connectivity index is 1.02. The molecule has 3 N–H and O–H groups in total. The molecule has 5 aliphatic heterocycles. The van der Waals surface area contributed by atoms with E-state index >= 15 is 4.79 Å². The first kappa shape index (κ1) is 49.0. The molecule has 5 fully saturated rings. The number of ketones is 1. The lowest BCUT2D eigenvalue weighted by Gasteiger charge is -2.57. The van der Waals surface area contributed by atoms with Gasteiger partial charge in [0, 0.05) is 127 Å². The van der Waals surface area contributed by atoms with E-state index in [0.29, 0.717) is 24.0 Å². The zero-order valence-electron chi connectivity index (χ0n) is 42.2. The molecule has 4 aromatic carbocycles. The average Bonchev–Trinajstić information content (AvgIpc) is 3.90. The zero-order chi connectivity index (χ0) is 49.2. The van der Waals surface area contributed by atoms with Crippen molar-refractivity contribution in [2.45, 2.75) is 127 Å². The standard InChI is InChI=1S/C59H71Cl2N7O3/c1-7-58-53-28-42(25-38-11-9-8-10-12-38)55(58)66(4)36(2)31-64-52-30-47(26-39-13-18-45(60)19-14-39)67(5)56-50(35-70-6)65-54(59(52,56)57(58)69)37(3)68(53)34-41-15-20-46(61)29-51(41)71-48-21-16-40(17-22-48)43-27-44-32-62-24-23-49(44)63-33-43/h8-22,27,29,33,36-37,42,47,50,52-56,62,64-65H,7,23-26,28,30-32,34-35H2,1-6H3/t36-,37-,42+,47-,50+,52?,53?,54?,55?,56?,58?,59?/m0/s1. The number of likely N-dealkylation sites (tertiary alicyclic amines) is 2. The van der Waals surface area contributed by atoms with Crippen molar-refractivity contribution in [1.82, 2.24) is 35.6 Å². The summed E-state index contributed by atoms with van der Waals surface area (Å²) < 4.78 is 13.1. The second kappa shape index (κ2) is 19.9. The van der Waals surface area contributed by atoms with Crippen LogP contribution in [0.4, 0.5) is 0 Å². The number of likely N-dealkylation sites (N-methyl/N-ethyl adjacent to an activating group) is 2. The highest BCUT2D eigenvalue weighted by molar-refractivity contribution is 6.31. The number of pyridine rings is 1. The lowest BCUT2D eigenvalue weighted by molar-refractivity contribution is -0.154. The first-order chi connectivity index (χ1) is 34.4. The summed E-state index contributed by atoms with van der Waals surface area (Å²) in [5.41, 5.74) is 6.78. The van der Waals surface area contributed by atoms with Gasteiger partial charge in [0.25, 0.3) is 0 Å². The Morgan fingerprint density at radius 1 is 0.845 bits per heavy atom. The van der Waals surface area contributed by atoms with Crippen LogP contribution in [0.15, 0.2) is 109 Å². The number of Topliss-reactive ketones (excluding diaryl/α,β-unsaturated/α-hetero) is 1. The molecule has 6 aliphatic rings. The van der Waals surface area contributed by atoms with Gasteiger partial charge in [0.1, 0.15) is 11.5 Å². The fourth-order valence-corrected chi connectivity index (χ4v) is 15.4. The molecule has 6 heterocycles. The quantitative estimate of drug-likeness (QED) is 0.112. The Labute approximate surface area is 431 Å². The van der Waals surface area contributed by atoms with Crippen molar-refractivity contribution in [2.24, 2.45) is 16.7 Å². The second-order valence-electron chi connectivity index (χ2n) is 21.9. The number of hydrogen-bond donors (Lipinski definition) is 3. The Morgan fingerprint density at radius 3 is 2.37 bits per heavy atom. The average molecular weight is 997 g/mol. The number of ether oxygens (including phenoxy) is 2. The molecule has 7 unspecified atom stereocenters. The fourth-order valence-electron chi connectivity index (χ4n) is 15.1. The van der Waals surface area contributed by atoms with Gasteiger partial charge in [-0.3, -0.25) is 24.5 Å². The molecule has 71 heavy (non-hydrogen) atoms. The van der Waals surface area contributed by atoms with E-state index in [0.717, 1.165) is 91.4 Å². The highest BCUT2D eigenvalue weighted by atomic mass is 35.5. The summed E-state index contributed by atoms with van der Waals surface area (Å²) in [6.45, 7) is 10.8. The maximum absolute atomic E-state index is 17.5. The Hall–Kier alpha value is -4.20. The van der Waals surface area contributed by atoms with Gasteiger partial charge in [0.2, 0.25) is 0 Å². The van der Waals surface area contributed by atoms with E-state index in [1.807, 2.05) is 42.6 Å². The zero-order valence-corrected chi connectivity index (χ0v) is 43.7. The van der Waals surface area contributed by atoms with Crippen LogP contribution < -0.4 is 20.7 Å². The number of methoxy groups -OCH3 is 1. The van der Waals surface area contributed by atoms with Gasteiger partial charge in [0.15, 0.2) is 5.78 Å². The highest BCUT2D eigenvalue weighted by Crippen LogP contribution is 2.63. The molecule has 12 atom stereocenters. The third-order valence-electron chi connectivity index (χ3n) is 18.4. The highest BCUT2D eigenvalue weighted by Gasteiger charge is 2.77. The summed E-state index contributed by atoms with van der Waals surface area (Å²) in [7, 11) is 6.41. The van der Waals surface area contributed by atoms with E-state index in [1.165, 1.54) is 22.4 Å². The number of benzene rings is 4. The Morgan fingerprint density at radius 2 is 1.61 bits per heavy atom. The topological polar surface area (TPSA) is 94.2 Å². The number of carbonyl (C=O) groups is 1. The van der Waals surface area contributed by atoms with E-state index < -0.39 is 10.8 Å². The van der Waals surface area contributed by atoms with Gasteiger partial charge in [0.05, 0.1) is 17.4 Å². The summed E-state index contributed by atoms with van der Waals surface area (Å²) in [5, 5.41) is 13.3. The Kier molecular flexibility index (Phi) is 13.8. The van der Waals surface area contributed by atoms with E-state index in [-0.39, 0.29) is 60.3 Å². The molecule has 4 saturated heterocycles. The molecule has 12 heteroatoms. The van der Waals surface area contributed by atoms with Crippen molar-refractivity contribution in [3.63, 3.8) is 0 Å². The molecular formula is C59H71Cl2N7O3. The predicted octanol–water partition coefficient (Wildman–Crippen LogP) is 9.24. The monoisotopic (exact) mass is 995 g/mol. The van der Waals surface area contributed by atoms with Crippen LogP contribution >= 0.6 is 23.2 Å². The van der Waals surface area contributed by atoms with E-state index in [2.05, 4.69) is 132 Å². The van der Waals surface area contributed by atoms with Gasteiger partial charge in [-0.15, -0.1) is 0 Å². The van der Waals surface area contributed by atoms with Crippen molar-refractivity contribution in [1.29, 1.82) is 0 Å². The molecule has 1 spiro atoms. The number of hydrogen-bond acceptors (Lipinski definition) is 10. The first-order valence-corrected chi connectivity index (χ1v) is 27.0. The second-order valence-corrected chi connectivity index (χ2v) is 22.7. The van der Waals surface area contributed by atoms with E-state index in [1.54, 1.807) is 7.11 Å². The molecule has 1 aromatic heterocycles. The van der Waals surface area contributed by atoms with Crippen LogP contribution in [-0.2, 0) is 41.9 Å². The largest absolute Gasteiger partial charge is 0.457 e. The molecule has 0 amide bonds. The lowest BCUT2D eigenvalue weighted by atomic mass is 9.54. The van der Waals surface area contributed by atoms with Crippen LogP contribution in [0.25, 0.3) is 11.1 Å². The number of halogens is 2. The summed E-state index contributed by atoms with van der Waals surface area (Å²) in [6.07, 6.45) is 7.20. The van der Waals surface area contributed by atoms with Crippen molar-refractivity contribution < 1.29 is 14.3 Å². The molecule has 1 aliphatic carbocycles. The normalized spacial score (nSPS) is 32.9. The maximum Gasteiger partial charge on any atom is 0.153 e. The van der Waals surface area contributed by atoms with Crippen LogP contribution in [0.1, 0.15) is 68.0 Å². The van der Waals surface area contributed by atoms with Crippen LogP contribution in [0.3, 0.4) is 0 Å². The number of rotatable bonds is 12. The van der Waals surface area contributed by atoms with Gasteiger partial charge >= 0.3 is 0 Å². The number of aromatic nitrogens is 1. The predicted molar refractivity (Wildman–Crippen MR) is 284 cm³/mol. The van der Waals surface area contributed by atoms with Gasteiger partial charge in [-0.05, 0) is 131 Å². The molecule has 11 rings (SSSR count). The molecular weight excluding hydrogens is 926 g/mol. The number of piperidine rings is 1. The molecule has 1 saturated carbocycles. The van der Waals surface area contributed by atoms with Gasteiger partial charge < -0.3 is 25.4 Å². The smallest absolute Gasteiger partial charge is 0.153 e. The minimum absolute atomic E-state index is 0.00355. The summed E-state index contributed by atoms with van der Waals surface area (Å²) in [5.74, 6) is 2.13. The molecule has 2 bridgehead atoms. The van der Waals surface area contributed by atoms with Crippen molar-refractivity contribution in [2.75, 3.05) is 40.9 Å². The Bertz CT molecular complexity index is 2710. The summed E-state index contributed by atoms with van der Waals surface area (Å²) in [4.78, 5) is 30.2. The van der Waals surface area contributed by atoms with Crippen LogP contribution in [0.2, 0.25) is 10.0 Å². The molecule has 374 valence electrons. The van der Waals surface area contributed by atoms with E-state index in [4.69, 9.17) is 37.7 Å². The van der Waals surface area contributed by atoms with Crippen molar-refractivity contribution >= 4 is 29.0 Å². The molecule has 10 nitrogen and oxygen atoms in total. The van der Waals surface area contributed by atoms with Gasteiger partial charge in [-0.1, -0.05) is 90.8 Å². The fraction of sp³-hybridized carbons (Fsp3) is 0.492. The summed E-state index contributed by atoms with van der Waals surface area (Å²) >= 11 is 13.3. The first-order valence-electron chi connectivity index (χ1n) is 26.2. The van der Waals surface area contributed by atoms with Gasteiger partial charge in [-0.25, -0.2) is 0 Å².